The molecule has 2 heterocycles. The molecule has 1 saturated heterocycles. The van der Waals surface area contributed by atoms with Crippen molar-refractivity contribution in [3.63, 3.8) is 0 Å². The molecule has 0 unspecified atom stereocenters. The van der Waals surface area contributed by atoms with E-state index in [1.807, 2.05) is 12.3 Å². The second kappa shape index (κ2) is 3.96. The molecule has 0 radical (unpaired) electrons. The predicted octanol–water partition coefficient (Wildman–Crippen LogP) is 0.634. The van der Waals surface area contributed by atoms with Crippen molar-refractivity contribution in [2.75, 3.05) is 19.6 Å². The van der Waals surface area contributed by atoms with Gasteiger partial charge in [-0.25, -0.2) is 0 Å². The molecule has 0 aliphatic carbocycles. The standard InChI is InChI=1S/C11H16N2O/c1-12-9-10(3-4-11(12)14)5-8-13-6-2-7-13/h3-4,9H,2,5-8H2,1H3. The molecule has 0 spiro atoms. The number of aromatic nitrogens is 1. The number of hydrogen-bond acceptors (Lipinski definition) is 2. The molecule has 2 rings (SSSR count). The van der Waals surface area contributed by atoms with Gasteiger partial charge in [0.15, 0.2) is 0 Å². The Balaban J connectivity index is 1.95. The van der Waals surface area contributed by atoms with E-state index in [4.69, 9.17) is 0 Å². The van der Waals surface area contributed by atoms with Crippen molar-refractivity contribution in [2.45, 2.75) is 12.8 Å². The van der Waals surface area contributed by atoms with Crippen LogP contribution in [-0.4, -0.2) is 29.1 Å². The van der Waals surface area contributed by atoms with Gasteiger partial charge in [-0.15, -0.1) is 0 Å². The van der Waals surface area contributed by atoms with Crippen LogP contribution in [0.25, 0.3) is 0 Å². The van der Waals surface area contributed by atoms with E-state index in [0.717, 1.165) is 13.0 Å². The minimum absolute atomic E-state index is 0.0673. The predicted molar refractivity (Wildman–Crippen MR) is 56.4 cm³/mol. The van der Waals surface area contributed by atoms with Gasteiger partial charge in [0, 0.05) is 25.9 Å². The Bertz CT molecular complexity index is 366. The molecule has 0 atom stereocenters. The van der Waals surface area contributed by atoms with Crippen LogP contribution in [0.2, 0.25) is 0 Å². The van der Waals surface area contributed by atoms with Gasteiger partial charge in [-0.1, -0.05) is 6.07 Å². The summed E-state index contributed by atoms with van der Waals surface area (Å²) in [5.74, 6) is 0. The van der Waals surface area contributed by atoms with E-state index >= 15 is 0 Å². The Labute approximate surface area is 84.0 Å². The summed E-state index contributed by atoms with van der Waals surface area (Å²) in [4.78, 5) is 13.6. The monoisotopic (exact) mass is 192 g/mol. The lowest BCUT2D eigenvalue weighted by Gasteiger charge is -2.30. The molecule has 1 aliphatic rings. The molecule has 0 aromatic carbocycles. The summed E-state index contributed by atoms with van der Waals surface area (Å²) >= 11 is 0. The van der Waals surface area contributed by atoms with Crippen LogP contribution in [0, 0.1) is 0 Å². The first-order valence-corrected chi connectivity index (χ1v) is 5.13. The van der Waals surface area contributed by atoms with Gasteiger partial charge < -0.3 is 9.47 Å². The van der Waals surface area contributed by atoms with E-state index in [2.05, 4.69) is 4.90 Å². The maximum Gasteiger partial charge on any atom is 0.250 e. The zero-order chi connectivity index (χ0) is 9.97. The average molecular weight is 192 g/mol. The summed E-state index contributed by atoms with van der Waals surface area (Å²) in [6, 6.07) is 3.58. The molecule has 1 aromatic heterocycles. The lowest BCUT2D eigenvalue weighted by atomic mass is 10.1. The molecule has 1 aromatic rings. The highest BCUT2D eigenvalue weighted by atomic mass is 16.1. The van der Waals surface area contributed by atoms with Crippen LogP contribution in [0.3, 0.4) is 0 Å². The Morgan fingerprint density at radius 1 is 1.36 bits per heavy atom. The molecule has 0 bridgehead atoms. The Morgan fingerprint density at radius 2 is 2.14 bits per heavy atom. The molecular formula is C11H16N2O. The molecule has 14 heavy (non-hydrogen) atoms. The second-order valence-corrected chi connectivity index (χ2v) is 3.93. The van der Waals surface area contributed by atoms with Gasteiger partial charge in [-0.3, -0.25) is 4.79 Å². The summed E-state index contributed by atoms with van der Waals surface area (Å²) in [6.07, 6.45) is 4.32. The Hall–Kier alpha value is -1.09. The summed E-state index contributed by atoms with van der Waals surface area (Å²) < 4.78 is 1.64. The Morgan fingerprint density at radius 3 is 2.71 bits per heavy atom. The quantitative estimate of drug-likeness (QED) is 0.702. The SMILES string of the molecule is Cn1cc(CCN2CCC2)ccc1=O. The van der Waals surface area contributed by atoms with E-state index in [0.29, 0.717) is 0 Å². The molecule has 1 fully saturated rings. The number of likely N-dealkylation sites (tertiary alicyclic amines) is 1. The second-order valence-electron chi connectivity index (χ2n) is 3.93. The molecule has 0 amide bonds. The molecule has 0 saturated carbocycles. The van der Waals surface area contributed by atoms with E-state index in [1.54, 1.807) is 17.7 Å². The number of nitrogens with zero attached hydrogens (tertiary/aromatic N) is 2. The Kier molecular flexibility index (Phi) is 2.68. The lowest BCUT2D eigenvalue weighted by Crippen LogP contribution is -2.38. The van der Waals surface area contributed by atoms with Crippen molar-refractivity contribution in [3.8, 4) is 0 Å². The van der Waals surface area contributed by atoms with Gasteiger partial charge >= 0.3 is 0 Å². The minimum Gasteiger partial charge on any atom is -0.318 e. The molecule has 3 heteroatoms. The maximum atomic E-state index is 11.1. The van der Waals surface area contributed by atoms with Crippen molar-refractivity contribution < 1.29 is 0 Å². The topological polar surface area (TPSA) is 25.2 Å². The molecular weight excluding hydrogens is 176 g/mol. The van der Waals surface area contributed by atoms with E-state index < -0.39 is 0 Å². The summed E-state index contributed by atoms with van der Waals surface area (Å²) in [7, 11) is 1.80. The van der Waals surface area contributed by atoms with Crippen LogP contribution < -0.4 is 5.56 Å². The first-order chi connectivity index (χ1) is 6.75. The zero-order valence-corrected chi connectivity index (χ0v) is 8.57. The third-order valence-corrected chi connectivity index (χ3v) is 2.81. The van der Waals surface area contributed by atoms with E-state index in [-0.39, 0.29) is 5.56 Å². The van der Waals surface area contributed by atoms with Gasteiger partial charge in [0.2, 0.25) is 5.56 Å². The lowest BCUT2D eigenvalue weighted by molar-refractivity contribution is 0.184. The number of hydrogen-bond donors (Lipinski definition) is 0. The first kappa shape index (κ1) is 9.46. The largest absolute Gasteiger partial charge is 0.318 e. The van der Waals surface area contributed by atoms with Crippen LogP contribution in [0.15, 0.2) is 23.1 Å². The van der Waals surface area contributed by atoms with Gasteiger partial charge in [-0.2, -0.15) is 0 Å². The van der Waals surface area contributed by atoms with Crippen molar-refractivity contribution in [2.24, 2.45) is 7.05 Å². The summed E-state index contributed by atoms with van der Waals surface area (Å²) in [5, 5.41) is 0. The van der Waals surface area contributed by atoms with Crippen LogP contribution in [-0.2, 0) is 13.5 Å². The average Bonchev–Trinajstić information content (AvgIpc) is 2.08. The fourth-order valence-corrected chi connectivity index (χ4v) is 1.69. The molecule has 3 nitrogen and oxygen atoms in total. The number of pyridine rings is 1. The third-order valence-electron chi connectivity index (χ3n) is 2.81. The summed E-state index contributed by atoms with van der Waals surface area (Å²) in [6.45, 7) is 3.61. The van der Waals surface area contributed by atoms with Crippen molar-refractivity contribution >= 4 is 0 Å². The number of aryl methyl sites for hydroxylation is 1. The zero-order valence-electron chi connectivity index (χ0n) is 8.57. The van der Waals surface area contributed by atoms with Gasteiger partial charge in [-0.05, 0) is 31.5 Å². The van der Waals surface area contributed by atoms with Gasteiger partial charge in [0.05, 0.1) is 0 Å². The maximum absolute atomic E-state index is 11.1. The molecule has 76 valence electrons. The van der Waals surface area contributed by atoms with Crippen molar-refractivity contribution in [1.29, 1.82) is 0 Å². The van der Waals surface area contributed by atoms with Crippen molar-refractivity contribution in [3.05, 3.63) is 34.2 Å². The van der Waals surface area contributed by atoms with Crippen LogP contribution in [0.5, 0.6) is 0 Å². The van der Waals surface area contributed by atoms with Gasteiger partial charge in [0.1, 0.15) is 0 Å². The first-order valence-electron chi connectivity index (χ1n) is 5.13. The fourth-order valence-electron chi connectivity index (χ4n) is 1.69. The highest BCUT2D eigenvalue weighted by Gasteiger charge is 2.12. The van der Waals surface area contributed by atoms with E-state index in [9.17, 15) is 4.79 Å². The van der Waals surface area contributed by atoms with Gasteiger partial charge in [0.25, 0.3) is 0 Å². The highest BCUT2D eigenvalue weighted by molar-refractivity contribution is 5.10. The van der Waals surface area contributed by atoms with Crippen LogP contribution >= 0.6 is 0 Å². The molecule has 1 aliphatic heterocycles. The van der Waals surface area contributed by atoms with Crippen LogP contribution in [0.1, 0.15) is 12.0 Å². The smallest absolute Gasteiger partial charge is 0.250 e. The van der Waals surface area contributed by atoms with Crippen molar-refractivity contribution in [1.82, 2.24) is 9.47 Å². The normalized spacial score (nSPS) is 16.6. The van der Waals surface area contributed by atoms with E-state index in [1.165, 1.54) is 25.1 Å². The minimum atomic E-state index is 0.0673. The number of rotatable bonds is 3. The van der Waals surface area contributed by atoms with Crippen LogP contribution in [0.4, 0.5) is 0 Å². The fraction of sp³-hybridized carbons (Fsp3) is 0.545. The highest BCUT2D eigenvalue weighted by Crippen LogP contribution is 2.07. The third kappa shape index (κ3) is 2.04. The molecule has 0 N–H and O–H groups in total. The summed E-state index contributed by atoms with van der Waals surface area (Å²) in [5.41, 5.74) is 1.32.